The monoisotopic (exact) mass is 534 g/mol. The van der Waals surface area contributed by atoms with Crippen molar-refractivity contribution in [1.29, 1.82) is 0 Å². The van der Waals surface area contributed by atoms with Crippen molar-refractivity contribution in [2.24, 2.45) is 5.73 Å². The van der Waals surface area contributed by atoms with Gasteiger partial charge in [0.05, 0.1) is 28.2 Å². The van der Waals surface area contributed by atoms with E-state index in [9.17, 15) is 4.79 Å². The first kappa shape index (κ1) is 25.3. The van der Waals surface area contributed by atoms with Crippen LogP contribution in [0.4, 0.5) is 0 Å². The summed E-state index contributed by atoms with van der Waals surface area (Å²) in [5.41, 5.74) is 10.1. The number of halogens is 2. The quantitative estimate of drug-likeness (QED) is 0.218. The second-order valence-corrected chi connectivity index (χ2v) is 9.88. The molecule has 0 aliphatic carbocycles. The van der Waals surface area contributed by atoms with Crippen LogP contribution in [0.1, 0.15) is 24.8 Å². The van der Waals surface area contributed by atoms with Crippen molar-refractivity contribution < 1.29 is 4.74 Å². The van der Waals surface area contributed by atoms with Gasteiger partial charge in [0, 0.05) is 35.8 Å². The molecule has 2 heterocycles. The zero-order chi connectivity index (χ0) is 25.9. The largest absolute Gasteiger partial charge is 0.497 e. The van der Waals surface area contributed by atoms with Crippen molar-refractivity contribution in [2.75, 3.05) is 13.7 Å². The Morgan fingerprint density at radius 2 is 1.76 bits per heavy atom. The highest BCUT2D eigenvalue weighted by Crippen LogP contribution is 2.32. The molecule has 2 N–H and O–H groups in total. The molecule has 190 valence electrons. The van der Waals surface area contributed by atoms with E-state index in [1.54, 1.807) is 23.8 Å². The molecule has 6 nitrogen and oxygen atoms in total. The third-order valence-corrected chi connectivity index (χ3v) is 7.33. The minimum atomic E-state index is -0.150. The predicted octanol–water partition coefficient (Wildman–Crippen LogP) is 6.51. The molecular formula is C29H28Cl2N4O2. The lowest BCUT2D eigenvalue weighted by Gasteiger charge is -2.13. The molecule has 0 aliphatic heterocycles. The number of hydrogen-bond acceptors (Lipinski definition) is 4. The van der Waals surface area contributed by atoms with Gasteiger partial charge in [-0.25, -0.2) is 4.98 Å². The molecule has 0 bridgehead atoms. The van der Waals surface area contributed by atoms with Crippen LogP contribution in [-0.4, -0.2) is 27.8 Å². The van der Waals surface area contributed by atoms with E-state index >= 15 is 0 Å². The van der Waals surface area contributed by atoms with Gasteiger partial charge < -0.3 is 19.6 Å². The molecule has 0 unspecified atom stereocenters. The summed E-state index contributed by atoms with van der Waals surface area (Å²) in [4.78, 5) is 18.7. The molecule has 0 atom stereocenters. The van der Waals surface area contributed by atoms with E-state index in [0.29, 0.717) is 46.4 Å². The highest BCUT2D eigenvalue weighted by molar-refractivity contribution is 6.42. The van der Waals surface area contributed by atoms with Crippen LogP contribution >= 0.6 is 23.2 Å². The maximum atomic E-state index is 13.9. The zero-order valence-electron chi connectivity index (χ0n) is 20.6. The number of para-hydroxylation sites is 1. The van der Waals surface area contributed by atoms with Gasteiger partial charge >= 0.3 is 0 Å². The number of benzene rings is 3. The number of methoxy groups -OCH3 is 1. The van der Waals surface area contributed by atoms with Crippen molar-refractivity contribution in [3.8, 4) is 17.0 Å². The Kier molecular flexibility index (Phi) is 7.51. The second-order valence-electron chi connectivity index (χ2n) is 9.06. The number of aromatic nitrogens is 3. The summed E-state index contributed by atoms with van der Waals surface area (Å²) in [5.74, 6) is 0.804. The molecule has 0 spiro atoms. The first-order valence-corrected chi connectivity index (χ1v) is 13.1. The van der Waals surface area contributed by atoms with E-state index in [1.165, 1.54) is 0 Å². The normalized spacial score (nSPS) is 11.5. The Hall–Kier alpha value is -3.32. The molecule has 0 radical (unpaired) electrons. The number of unbranched alkanes of at least 4 members (excludes halogenated alkanes) is 2. The number of hydrogen-bond donors (Lipinski definition) is 1. The number of aryl methyl sites for hydroxylation is 1. The smallest absolute Gasteiger partial charge is 0.277 e. The molecule has 0 amide bonds. The van der Waals surface area contributed by atoms with Gasteiger partial charge in [0.2, 0.25) is 0 Å². The standard InChI is InChI=1S/C29H28Cl2N4O2/c1-37-20-9-7-8-19(14-20)17-34-18-22(21-10-3-4-11-26(21)34)28-29(36)35(13-6-2-5-12-32)27-16-24(31)23(30)15-25(27)33-28/h3-4,7-11,14-16,18H,2,5-6,12-13,17,32H2,1H3. The minimum absolute atomic E-state index is 0.150. The van der Waals surface area contributed by atoms with E-state index < -0.39 is 0 Å². The molecule has 0 fully saturated rings. The van der Waals surface area contributed by atoms with Crippen LogP contribution < -0.4 is 16.0 Å². The third-order valence-electron chi connectivity index (χ3n) is 6.60. The van der Waals surface area contributed by atoms with Gasteiger partial charge in [-0.2, -0.15) is 0 Å². The fourth-order valence-electron chi connectivity index (χ4n) is 4.76. The lowest BCUT2D eigenvalue weighted by molar-refractivity contribution is 0.414. The molecule has 2 aromatic heterocycles. The van der Waals surface area contributed by atoms with Crippen molar-refractivity contribution in [2.45, 2.75) is 32.4 Å². The van der Waals surface area contributed by atoms with Crippen LogP contribution in [0.3, 0.4) is 0 Å². The highest BCUT2D eigenvalue weighted by atomic mass is 35.5. The maximum Gasteiger partial charge on any atom is 0.277 e. The number of nitrogens with two attached hydrogens (primary N) is 1. The molecule has 8 heteroatoms. The molecule has 3 aromatic carbocycles. The fourth-order valence-corrected chi connectivity index (χ4v) is 5.08. The van der Waals surface area contributed by atoms with Gasteiger partial charge in [0.15, 0.2) is 0 Å². The van der Waals surface area contributed by atoms with E-state index in [2.05, 4.69) is 16.7 Å². The zero-order valence-corrected chi connectivity index (χ0v) is 22.1. The van der Waals surface area contributed by atoms with Crippen molar-refractivity contribution in [3.05, 3.63) is 92.8 Å². The summed E-state index contributed by atoms with van der Waals surface area (Å²) >= 11 is 12.7. The summed E-state index contributed by atoms with van der Waals surface area (Å²) < 4.78 is 9.31. The predicted molar refractivity (Wildman–Crippen MR) is 152 cm³/mol. The second kappa shape index (κ2) is 11.0. The molecule has 0 saturated carbocycles. The topological polar surface area (TPSA) is 75.1 Å². The number of rotatable bonds is 9. The van der Waals surface area contributed by atoms with Crippen molar-refractivity contribution >= 4 is 45.1 Å². The van der Waals surface area contributed by atoms with Crippen LogP contribution in [-0.2, 0) is 13.1 Å². The van der Waals surface area contributed by atoms with Gasteiger partial charge in [0.25, 0.3) is 5.56 Å². The lowest BCUT2D eigenvalue weighted by Crippen LogP contribution is -2.24. The van der Waals surface area contributed by atoms with Crippen LogP contribution in [0.5, 0.6) is 5.75 Å². The fraction of sp³-hybridized carbons (Fsp3) is 0.241. The molecule has 0 aliphatic rings. The Balaban J connectivity index is 1.67. The summed E-state index contributed by atoms with van der Waals surface area (Å²) in [5, 5.41) is 1.76. The number of ether oxygens (including phenoxy) is 1. The van der Waals surface area contributed by atoms with Crippen LogP contribution in [0.25, 0.3) is 33.2 Å². The van der Waals surface area contributed by atoms with Crippen molar-refractivity contribution in [3.63, 3.8) is 0 Å². The molecule has 0 saturated heterocycles. The average Bonchev–Trinajstić information content (AvgIpc) is 3.26. The SMILES string of the molecule is COc1cccc(Cn2cc(-c3nc4cc(Cl)c(Cl)cc4n(CCCCCN)c3=O)c3ccccc32)c1. The first-order valence-electron chi connectivity index (χ1n) is 12.3. The van der Waals surface area contributed by atoms with Gasteiger partial charge in [-0.05, 0) is 55.3 Å². The highest BCUT2D eigenvalue weighted by Gasteiger charge is 2.19. The summed E-state index contributed by atoms with van der Waals surface area (Å²) in [6, 6.07) is 19.5. The van der Waals surface area contributed by atoms with Gasteiger partial charge in [-0.1, -0.05) is 60.0 Å². The van der Waals surface area contributed by atoms with Gasteiger partial charge in [0.1, 0.15) is 11.4 Å². The van der Waals surface area contributed by atoms with Crippen molar-refractivity contribution in [1.82, 2.24) is 14.1 Å². The Labute approximate surface area is 225 Å². The summed E-state index contributed by atoms with van der Waals surface area (Å²) in [7, 11) is 1.66. The summed E-state index contributed by atoms with van der Waals surface area (Å²) in [6.45, 7) is 1.80. The first-order chi connectivity index (χ1) is 18.0. The Morgan fingerprint density at radius 3 is 2.57 bits per heavy atom. The Bertz CT molecular complexity index is 1640. The van der Waals surface area contributed by atoms with E-state index in [4.69, 9.17) is 38.7 Å². The molecular weight excluding hydrogens is 507 g/mol. The molecule has 37 heavy (non-hydrogen) atoms. The summed E-state index contributed by atoms with van der Waals surface area (Å²) in [6.07, 6.45) is 4.68. The molecule has 5 rings (SSSR count). The van der Waals surface area contributed by atoms with E-state index in [0.717, 1.165) is 47.0 Å². The number of fused-ring (bicyclic) bond motifs is 2. The molecule has 5 aromatic rings. The number of nitrogens with zero attached hydrogens (tertiary/aromatic N) is 3. The van der Waals surface area contributed by atoms with Crippen LogP contribution in [0, 0.1) is 0 Å². The van der Waals surface area contributed by atoms with Gasteiger partial charge in [-0.3, -0.25) is 4.79 Å². The van der Waals surface area contributed by atoms with Crippen LogP contribution in [0.15, 0.2) is 71.7 Å². The Morgan fingerprint density at radius 1 is 0.946 bits per heavy atom. The maximum absolute atomic E-state index is 13.9. The minimum Gasteiger partial charge on any atom is -0.497 e. The third kappa shape index (κ3) is 5.10. The van der Waals surface area contributed by atoms with Gasteiger partial charge in [-0.15, -0.1) is 0 Å². The van der Waals surface area contributed by atoms with E-state index in [1.807, 2.05) is 42.6 Å². The van der Waals surface area contributed by atoms with E-state index in [-0.39, 0.29) is 5.56 Å². The van der Waals surface area contributed by atoms with Crippen LogP contribution in [0.2, 0.25) is 10.0 Å². The average molecular weight is 535 g/mol. The lowest BCUT2D eigenvalue weighted by atomic mass is 10.1.